The third kappa shape index (κ3) is 4.01. The number of benzene rings is 2. The number of aromatic amines is 1. The number of nitrogens with one attached hydrogen (secondary N) is 3. The SMILES string of the molecule is c1ccc(-c2cnc(Nc3ccc(CCNc4ncnc5ccsc45)cc3)[nH]2)cc1. The molecule has 148 valence electrons. The summed E-state index contributed by atoms with van der Waals surface area (Å²) in [6.07, 6.45) is 4.36. The van der Waals surface area contributed by atoms with Crippen molar-refractivity contribution in [3.05, 3.63) is 84.1 Å². The minimum atomic E-state index is 0.729. The van der Waals surface area contributed by atoms with E-state index in [0.717, 1.165) is 51.9 Å². The van der Waals surface area contributed by atoms with Gasteiger partial charge in [-0.05, 0) is 41.1 Å². The molecule has 0 radical (unpaired) electrons. The zero-order valence-electron chi connectivity index (χ0n) is 16.2. The molecule has 0 aliphatic carbocycles. The van der Waals surface area contributed by atoms with Gasteiger partial charge in [0.25, 0.3) is 0 Å². The maximum Gasteiger partial charge on any atom is 0.205 e. The van der Waals surface area contributed by atoms with Crippen molar-refractivity contribution in [2.75, 3.05) is 17.2 Å². The van der Waals surface area contributed by atoms with Crippen LogP contribution in [0.15, 0.2) is 78.6 Å². The van der Waals surface area contributed by atoms with E-state index in [1.165, 1.54) is 5.56 Å². The van der Waals surface area contributed by atoms with Gasteiger partial charge in [0.15, 0.2) is 0 Å². The van der Waals surface area contributed by atoms with E-state index in [1.807, 2.05) is 35.8 Å². The summed E-state index contributed by atoms with van der Waals surface area (Å²) < 4.78 is 1.10. The van der Waals surface area contributed by atoms with Crippen LogP contribution >= 0.6 is 11.3 Å². The lowest BCUT2D eigenvalue weighted by molar-refractivity contribution is 1.01. The number of hydrogen-bond donors (Lipinski definition) is 3. The quantitative estimate of drug-likeness (QED) is 0.330. The zero-order valence-corrected chi connectivity index (χ0v) is 17.0. The minimum Gasteiger partial charge on any atom is -0.368 e. The lowest BCUT2D eigenvalue weighted by Crippen LogP contribution is -2.06. The van der Waals surface area contributed by atoms with Gasteiger partial charge in [-0.3, -0.25) is 0 Å². The molecule has 0 atom stereocenters. The Morgan fingerprint density at radius 2 is 1.77 bits per heavy atom. The topological polar surface area (TPSA) is 78.5 Å². The molecule has 0 unspecified atom stereocenters. The fraction of sp³-hybridized carbons (Fsp3) is 0.0870. The highest BCUT2D eigenvalue weighted by atomic mass is 32.1. The number of nitrogens with zero attached hydrogens (tertiary/aromatic N) is 3. The van der Waals surface area contributed by atoms with Gasteiger partial charge in [-0.15, -0.1) is 11.3 Å². The van der Waals surface area contributed by atoms with E-state index in [9.17, 15) is 0 Å². The molecule has 0 amide bonds. The predicted octanol–water partition coefficient (Wildman–Crippen LogP) is 5.48. The summed E-state index contributed by atoms with van der Waals surface area (Å²) in [6, 6.07) is 20.6. The molecule has 0 saturated heterocycles. The van der Waals surface area contributed by atoms with Crippen molar-refractivity contribution in [3.63, 3.8) is 0 Å². The van der Waals surface area contributed by atoms with Crippen LogP contribution in [0.4, 0.5) is 17.5 Å². The second-order valence-corrected chi connectivity index (χ2v) is 7.78. The molecule has 0 aliphatic heterocycles. The van der Waals surface area contributed by atoms with Gasteiger partial charge < -0.3 is 15.6 Å². The molecular weight excluding hydrogens is 392 g/mol. The van der Waals surface area contributed by atoms with Crippen molar-refractivity contribution in [2.24, 2.45) is 0 Å². The van der Waals surface area contributed by atoms with E-state index < -0.39 is 0 Å². The molecule has 0 saturated carbocycles. The molecule has 3 N–H and O–H groups in total. The average Bonchev–Trinajstić information content (AvgIpc) is 3.46. The first-order chi connectivity index (χ1) is 14.8. The molecule has 0 spiro atoms. The summed E-state index contributed by atoms with van der Waals surface area (Å²) in [7, 11) is 0. The molecule has 3 heterocycles. The van der Waals surface area contributed by atoms with Gasteiger partial charge in [0.05, 0.1) is 22.1 Å². The first kappa shape index (κ1) is 18.3. The first-order valence-corrected chi connectivity index (χ1v) is 10.6. The summed E-state index contributed by atoms with van der Waals surface area (Å²) in [5.74, 6) is 1.63. The second-order valence-electron chi connectivity index (χ2n) is 6.87. The summed E-state index contributed by atoms with van der Waals surface area (Å²) in [5, 5.41) is 8.79. The Morgan fingerprint density at radius 3 is 2.63 bits per heavy atom. The number of fused-ring (bicyclic) bond motifs is 1. The van der Waals surface area contributed by atoms with Gasteiger partial charge in [-0.25, -0.2) is 15.0 Å². The van der Waals surface area contributed by atoms with Gasteiger partial charge >= 0.3 is 0 Å². The normalized spacial score (nSPS) is 10.9. The van der Waals surface area contributed by atoms with Crippen molar-refractivity contribution in [3.8, 4) is 11.3 Å². The third-order valence-electron chi connectivity index (χ3n) is 4.83. The lowest BCUT2D eigenvalue weighted by Gasteiger charge is -2.08. The van der Waals surface area contributed by atoms with Crippen molar-refractivity contribution in [1.29, 1.82) is 0 Å². The Bertz CT molecular complexity index is 1240. The van der Waals surface area contributed by atoms with E-state index >= 15 is 0 Å². The Hall–Kier alpha value is -3.71. The minimum absolute atomic E-state index is 0.729. The monoisotopic (exact) mass is 412 g/mol. The average molecular weight is 413 g/mol. The largest absolute Gasteiger partial charge is 0.368 e. The van der Waals surface area contributed by atoms with Gasteiger partial charge in [0.2, 0.25) is 5.95 Å². The number of anilines is 3. The van der Waals surface area contributed by atoms with Crippen LogP contribution in [-0.4, -0.2) is 26.5 Å². The maximum absolute atomic E-state index is 4.43. The van der Waals surface area contributed by atoms with Gasteiger partial charge in [-0.2, -0.15) is 0 Å². The summed E-state index contributed by atoms with van der Waals surface area (Å²) in [5.41, 5.74) is 5.35. The molecule has 5 rings (SSSR count). The number of rotatable bonds is 7. The van der Waals surface area contributed by atoms with E-state index in [2.05, 4.69) is 67.0 Å². The number of aromatic nitrogens is 4. The van der Waals surface area contributed by atoms with Crippen molar-refractivity contribution in [2.45, 2.75) is 6.42 Å². The van der Waals surface area contributed by atoms with Crippen LogP contribution in [-0.2, 0) is 6.42 Å². The summed E-state index contributed by atoms with van der Waals surface area (Å²) in [4.78, 5) is 16.4. The lowest BCUT2D eigenvalue weighted by atomic mass is 10.1. The van der Waals surface area contributed by atoms with Gasteiger partial charge in [-0.1, -0.05) is 42.5 Å². The molecule has 3 aromatic heterocycles. The highest BCUT2D eigenvalue weighted by Gasteiger charge is 2.05. The molecular formula is C23H20N6S. The van der Waals surface area contributed by atoms with Crippen LogP contribution < -0.4 is 10.6 Å². The molecule has 30 heavy (non-hydrogen) atoms. The standard InChI is InChI=1S/C23H20N6S/c1-2-4-17(5-3-1)20-14-25-23(29-20)28-18-8-6-16(7-9-18)10-12-24-22-21-19(11-13-30-21)26-15-27-22/h1-9,11,13-15H,10,12H2,(H,24,26,27)(H2,25,28,29). The fourth-order valence-electron chi connectivity index (χ4n) is 3.28. The van der Waals surface area contributed by atoms with Gasteiger partial charge in [0.1, 0.15) is 12.1 Å². The third-order valence-corrected chi connectivity index (χ3v) is 5.74. The van der Waals surface area contributed by atoms with Crippen molar-refractivity contribution in [1.82, 2.24) is 19.9 Å². The molecule has 5 aromatic rings. The Balaban J connectivity index is 1.18. The second kappa shape index (κ2) is 8.34. The van der Waals surface area contributed by atoms with Crippen LogP contribution in [0.25, 0.3) is 21.5 Å². The summed E-state index contributed by atoms with van der Waals surface area (Å²) in [6.45, 7) is 0.815. The molecule has 0 aliphatic rings. The van der Waals surface area contributed by atoms with Crippen LogP contribution in [0.2, 0.25) is 0 Å². The molecule has 7 heteroatoms. The molecule has 0 bridgehead atoms. The van der Waals surface area contributed by atoms with E-state index in [1.54, 1.807) is 17.7 Å². The highest BCUT2D eigenvalue weighted by molar-refractivity contribution is 7.17. The van der Waals surface area contributed by atoms with Crippen molar-refractivity contribution >= 4 is 39.0 Å². The number of H-pyrrole nitrogens is 1. The number of thiophene rings is 1. The molecule has 6 nitrogen and oxygen atoms in total. The highest BCUT2D eigenvalue weighted by Crippen LogP contribution is 2.25. The first-order valence-electron chi connectivity index (χ1n) is 9.74. The van der Waals surface area contributed by atoms with Crippen LogP contribution in [0.5, 0.6) is 0 Å². The van der Waals surface area contributed by atoms with Crippen LogP contribution in [0, 0.1) is 0 Å². The Kier molecular flexibility index (Phi) is 5.10. The fourth-order valence-corrected chi connectivity index (χ4v) is 4.09. The van der Waals surface area contributed by atoms with Crippen LogP contribution in [0.3, 0.4) is 0 Å². The summed E-state index contributed by atoms with van der Waals surface area (Å²) >= 11 is 1.66. The molecule has 2 aromatic carbocycles. The van der Waals surface area contributed by atoms with E-state index in [-0.39, 0.29) is 0 Å². The van der Waals surface area contributed by atoms with E-state index in [4.69, 9.17) is 0 Å². The Labute approximate surface area is 178 Å². The molecule has 0 fully saturated rings. The number of imidazole rings is 1. The predicted molar refractivity (Wildman–Crippen MR) is 123 cm³/mol. The smallest absolute Gasteiger partial charge is 0.205 e. The number of hydrogen-bond acceptors (Lipinski definition) is 6. The maximum atomic E-state index is 4.43. The zero-order chi connectivity index (χ0) is 20.2. The van der Waals surface area contributed by atoms with Gasteiger partial charge in [0, 0.05) is 12.2 Å². The van der Waals surface area contributed by atoms with Crippen molar-refractivity contribution < 1.29 is 0 Å². The van der Waals surface area contributed by atoms with Crippen LogP contribution in [0.1, 0.15) is 5.56 Å². The Morgan fingerprint density at radius 1 is 0.900 bits per heavy atom. The van der Waals surface area contributed by atoms with E-state index in [0.29, 0.717) is 0 Å².